The summed E-state index contributed by atoms with van der Waals surface area (Å²) in [6.45, 7) is 2.16. The Labute approximate surface area is 179 Å². The maximum Gasteiger partial charge on any atom is 0.314 e. The molecule has 172 valence electrons. The van der Waals surface area contributed by atoms with Gasteiger partial charge in [0.1, 0.15) is 10.6 Å². The monoisotopic (exact) mass is 462 g/mol. The maximum absolute atomic E-state index is 12.8. The first kappa shape index (κ1) is 23.6. The minimum Gasteiger partial charge on any atom is -0.426 e. The van der Waals surface area contributed by atoms with E-state index >= 15 is 0 Å². The molecule has 0 atom stereocenters. The van der Waals surface area contributed by atoms with Crippen molar-refractivity contribution in [2.24, 2.45) is 5.92 Å². The van der Waals surface area contributed by atoms with Crippen LogP contribution in [0.3, 0.4) is 0 Å². The lowest BCUT2D eigenvalue weighted by Gasteiger charge is -2.40. The smallest absolute Gasteiger partial charge is 0.314 e. The fourth-order valence-corrected chi connectivity index (χ4v) is 4.61. The molecule has 2 aromatic rings. The third-order valence-corrected chi connectivity index (χ3v) is 6.98. The van der Waals surface area contributed by atoms with Gasteiger partial charge in [-0.25, -0.2) is 0 Å². The molecule has 1 aliphatic rings. The summed E-state index contributed by atoms with van der Waals surface area (Å²) in [5, 5.41) is 0. The number of unbranched alkanes of at least 4 members (excludes halogenated alkanes) is 1. The van der Waals surface area contributed by atoms with Gasteiger partial charge in [-0.2, -0.15) is 0 Å². The predicted octanol–water partition coefficient (Wildman–Crippen LogP) is 8.57. The van der Waals surface area contributed by atoms with Crippen molar-refractivity contribution in [3.8, 4) is 5.75 Å². The Hall–Kier alpha value is -2.09. The highest BCUT2D eigenvalue weighted by molar-refractivity contribution is 8.45. The van der Waals surface area contributed by atoms with Gasteiger partial charge in [-0.15, -0.1) is 0 Å². The van der Waals surface area contributed by atoms with Crippen LogP contribution in [0.4, 0.5) is 19.4 Å². The molecule has 0 aliphatic heterocycles. The summed E-state index contributed by atoms with van der Waals surface area (Å²) < 4.78 is 69.0. The Morgan fingerprint density at radius 2 is 1.48 bits per heavy atom. The lowest BCUT2D eigenvalue weighted by molar-refractivity contribution is -0.140. The van der Waals surface area contributed by atoms with Gasteiger partial charge in [0.15, 0.2) is 0 Å². The zero-order valence-electron chi connectivity index (χ0n) is 17.3. The predicted molar refractivity (Wildman–Crippen MR) is 113 cm³/mol. The van der Waals surface area contributed by atoms with Crippen molar-refractivity contribution in [1.82, 2.24) is 0 Å². The van der Waals surface area contributed by atoms with Crippen LogP contribution in [0.15, 0.2) is 53.4 Å². The lowest BCUT2D eigenvalue weighted by Crippen LogP contribution is -2.25. The van der Waals surface area contributed by atoms with Crippen molar-refractivity contribution < 1.29 is 29.0 Å². The van der Waals surface area contributed by atoms with Crippen LogP contribution in [0.25, 0.3) is 0 Å². The summed E-state index contributed by atoms with van der Waals surface area (Å²) in [5.41, 5.74) is 2.57. The van der Waals surface area contributed by atoms with Crippen molar-refractivity contribution in [3.63, 3.8) is 0 Å². The maximum atomic E-state index is 12.8. The minimum absolute atomic E-state index is 0.166. The van der Waals surface area contributed by atoms with Crippen LogP contribution in [0.2, 0.25) is 0 Å². The number of halogens is 5. The zero-order valence-corrected chi connectivity index (χ0v) is 18.2. The molecule has 0 heterocycles. The summed E-state index contributed by atoms with van der Waals surface area (Å²) in [5.74, 6) is -0.690. The Morgan fingerprint density at radius 1 is 0.903 bits per heavy atom. The number of esters is 1. The highest BCUT2D eigenvalue weighted by atomic mass is 32.5. The van der Waals surface area contributed by atoms with E-state index in [2.05, 4.69) is 31.2 Å². The molecule has 0 saturated heterocycles. The third-order valence-electron chi connectivity index (χ3n) is 5.82. The number of carbonyl (C=O) groups is 1. The van der Waals surface area contributed by atoms with E-state index in [4.69, 9.17) is 4.74 Å². The van der Waals surface area contributed by atoms with E-state index in [9.17, 15) is 24.2 Å². The number of benzene rings is 2. The Kier molecular flexibility index (Phi) is 6.17. The van der Waals surface area contributed by atoms with Crippen molar-refractivity contribution in [3.05, 3.63) is 59.7 Å². The molecule has 1 saturated carbocycles. The summed E-state index contributed by atoms with van der Waals surface area (Å²) in [7, 11) is -9.73. The second-order valence-corrected chi connectivity index (χ2v) is 10.7. The Morgan fingerprint density at radius 3 is 2.00 bits per heavy atom. The van der Waals surface area contributed by atoms with Gasteiger partial charge in [-0.3, -0.25) is 4.79 Å². The van der Waals surface area contributed by atoms with E-state index in [1.165, 1.54) is 11.1 Å². The van der Waals surface area contributed by atoms with Gasteiger partial charge < -0.3 is 4.74 Å². The van der Waals surface area contributed by atoms with E-state index in [0.29, 0.717) is 18.8 Å². The largest absolute Gasteiger partial charge is 0.426 e. The second-order valence-electron chi connectivity index (χ2n) is 8.26. The fraction of sp³-hybridized carbons (Fsp3) is 0.435. The number of rotatable bonds is 7. The molecule has 31 heavy (non-hydrogen) atoms. The van der Waals surface area contributed by atoms with E-state index in [1.807, 2.05) is 0 Å². The molecular weight excluding hydrogens is 435 g/mol. The van der Waals surface area contributed by atoms with Crippen molar-refractivity contribution in [2.75, 3.05) is 0 Å². The molecule has 0 bridgehead atoms. The molecule has 2 nitrogen and oxygen atoms in total. The molecule has 0 aromatic heterocycles. The molecule has 0 radical (unpaired) electrons. The van der Waals surface area contributed by atoms with E-state index < -0.39 is 21.1 Å². The summed E-state index contributed by atoms with van der Waals surface area (Å²) >= 11 is 0. The SMILES string of the molecule is CCCCc1ccc([C@H]2CC[C@H](C(=O)Oc3ccc(S(F)(F)(F)(F)F)cc3)CC2)cc1. The van der Waals surface area contributed by atoms with Gasteiger partial charge in [-0.05, 0) is 79.8 Å². The van der Waals surface area contributed by atoms with Gasteiger partial charge in [-0.1, -0.05) is 57.0 Å². The van der Waals surface area contributed by atoms with Crippen molar-refractivity contribution in [1.29, 1.82) is 0 Å². The third kappa shape index (κ3) is 6.45. The van der Waals surface area contributed by atoms with Gasteiger partial charge in [0.25, 0.3) is 0 Å². The van der Waals surface area contributed by atoms with Crippen LogP contribution in [0, 0.1) is 5.92 Å². The first-order valence-electron chi connectivity index (χ1n) is 10.5. The molecule has 0 N–H and O–H groups in total. The minimum atomic E-state index is -9.73. The van der Waals surface area contributed by atoms with Crippen LogP contribution >= 0.6 is 10.2 Å². The molecule has 2 aromatic carbocycles. The van der Waals surface area contributed by atoms with Gasteiger partial charge >= 0.3 is 16.2 Å². The van der Waals surface area contributed by atoms with Crippen molar-refractivity contribution >= 4 is 16.2 Å². The number of ether oxygens (including phenoxy) is 1. The molecular formula is C23H27F5O2S. The topological polar surface area (TPSA) is 26.3 Å². The molecule has 0 spiro atoms. The number of aryl methyl sites for hydroxylation is 1. The number of hydrogen-bond acceptors (Lipinski definition) is 2. The van der Waals surface area contributed by atoms with Crippen molar-refractivity contribution in [2.45, 2.75) is 62.7 Å². The normalized spacial score (nSPS) is 21.7. The molecule has 3 rings (SSSR count). The van der Waals surface area contributed by atoms with Crippen LogP contribution in [0.5, 0.6) is 5.75 Å². The quantitative estimate of drug-likeness (QED) is 0.234. The molecule has 1 fully saturated rings. The average molecular weight is 463 g/mol. The zero-order chi connectivity index (χ0) is 22.8. The second kappa shape index (κ2) is 8.11. The molecule has 8 heteroatoms. The van der Waals surface area contributed by atoms with Crippen LogP contribution in [0.1, 0.15) is 62.5 Å². The summed E-state index contributed by atoms with van der Waals surface area (Å²) in [4.78, 5) is 10.4. The Bertz CT molecular complexity index is 901. The standard InChI is InChI=1S/C23H27F5O2S/c1-2-3-4-17-5-7-18(8-6-17)19-9-11-20(12-10-19)23(29)30-21-13-15-22(16-14-21)31(24,25,26,27)28/h5-8,13-16,19-20H,2-4,9-12H2,1H3/t19-,20-. The fourth-order valence-electron chi connectivity index (χ4n) is 3.96. The number of hydrogen-bond donors (Lipinski definition) is 0. The lowest BCUT2D eigenvalue weighted by atomic mass is 9.78. The summed E-state index contributed by atoms with van der Waals surface area (Å²) in [6, 6.07) is 10.6. The van der Waals surface area contributed by atoms with Gasteiger partial charge in [0, 0.05) is 0 Å². The van der Waals surface area contributed by atoms with Crippen LogP contribution in [-0.2, 0) is 11.2 Å². The highest BCUT2D eigenvalue weighted by Crippen LogP contribution is 3.02. The van der Waals surface area contributed by atoms with Crippen LogP contribution < -0.4 is 4.74 Å². The van der Waals surface area contributed by atoms with E-state index in [-0.39, 0.29) is 23.8 Å². The molecule has 0 amide bonds. The van der Waals surface area contributed by atoms with Gasteiger partial charge in [0.05, 0.1) is 5.92 Å². The molecule has 0 unspecified atom stereocenters. The van der Waals surface area contributed by atoms with Gasteiger partial charge in [0.2, 0.25) is 0 Å². The Balaban J connectivity index is 1.53. The first-order valence-corrected chi connectivity index (χ1v) is 12.5. The average Bonchev–Trinajstić information content (AvgIpc) is 2.71. The van der Waals surface area contributed by atoms with Crippen LogP contribution in [-0.4, -0.2) is 5.97 Å². The number of carbonyl (C=O) groups excluding carboxylic acids is 1. The van der Waals surface area contributed by atoms with E-state index in [1.54, 1.807) is 0 Å². The van der Waals surface area contributed by atoms with E-state index in [0.717, 1.165) is 44.2 Å². The first-order chi connectivity index (χ1) is 14.4. The molecule has 1 aliphatic carbocycles. The summed E-state index contributed by atoms with van der Waals surface area (Å²) in [6.07, 6.45) is 6.25. The highest BCUT2D eigenvalue weighted by Gasteiger charge is 2.65.